The Balaban J connectivity index is 1.33. The van der Waals surface area contributed by atoms with Gasteiger partial charge in [0.25, 0.3) is 0 Å². The Kier molecular flexibility index (Phi) is 4.81. The van der Waals surface area contributed by atoms with Gasteiger partial charge in [-0.15, -0.1) is 0 Å². The molecule has 3 heterocycles. The minimum Gasteiger partial charge on any atom is -0.372 e. The molecule has 144 valence electrons. The summed E-state index contributed by atoms with van der Waals surface area (Å²) in [5.41, 5.74) is 2.28. The molecule has 2 aromatic carbocycles. The van der Waals surface area contributed by atoms with Gasteiger partial charge < -0.3 is 10.1 Å². The van der Waals surface area contributed by atoms with Gasteiger partial charge in [-0.2, -0.15) is 0 Å². The molecule has 1 N–H and O–H groups in total. The lowest BCUT2D eigenvalue weighted by Crippen LogP contribution is -2.55. The van der Waals surface area contributed by atoms with E-state index in [1.807, 2.05) is 12.4 Å². The van der Waals surface area contributed by atoms with E-state index in [0.29, 0.717) is 0 Å². The fraction of sp³-hybridized carbons (Fsp3) is 0.391. The van der Waals surface area contributed by atoms with Gasteiger partial charge in [-0.3, -0.25) is 4.90 Å². The standard InChI is InChI=1S/C23H26N4O/c1-2-6-20-19(4-1)5-3-7-21(20)22-25-14-18(15-26-22)16-27-12-13-28-23(17-27)8-10-24-11-9-23/h1-7,14-15,24H,8-13,16-17H2. The molecule has 2 aliphatic heterocycles. The number of piperidine rings is 1. The third kappa shape index (κ3) is 3.53. The quantitative estimate of drug-likeness (QED) is 0.763. The number of hydrogen-bond donors (Lipinski definition) is 1. The molecule has 0 aliphatic carbocycles. The second-order valence-electron chi connectivity index (χ2n) is 7.93. The molecular formula is C23H26N4O. The largest absolute Gasteiger partial charge is 0.372 e. The average Bonchev–Trinajstić information content (AvgIpc) is 2.75. The first-order valence-corrected chi connectivity index (χ1v) is 10.2. The molecule has 5 rings (SSSR count). The molecule has 2 aliphatic rings. The number of fused-ring (bicyclic) bond motifs is 1. The smallest absolute Gasteiger partial charge is 0.159 e. The zero-order valence-electron chi connectivity index (χ0n) is 16.1. The number of benzene rings is 2. The van der Waals surface area contributed by atoms with Gasteiger partial charge >= 0.3 is 0 Å². The van der Waals surface area contributed by atoms with Crippen LogP contribution in [0.15, 0.2) is 54.9 Å². The van der Waals surface area contributed by atoms with E-state index >= 15 is 0 Å². The van der Waals surface area contributed by atoms with Crippen molar-refractivity contribution in [3.05, 3.63) is 60.4 Å². The first-order chi connectivity index (χ1) is 13.8. The zero-order chi connectivity index (χ0) is 18.8. The first kappa shape index (κ1) is 17.7. The number of aromatic nitrogens is 2. The summed E-state index contributed by atoms with van der Waals surface area (Å²) in [6.07, 6.45) is 6.16. The Morgan fingerprint density at radius 3 is 2.64 bits per heavy atom. The van der Waals surface area contributed by atoms with Gasteiger partial charge in [-0.25, -0.2) is 9.97 Å². The second kappa shape index (κ2) is 7.59. The molecule has 3 aromatic rings. The number of hydrogen-bond acceptors (Lipinski definition) is 5. The van der Waals surface area contributed by atoms with Crippen LogP contribution in [0.2, 0.25) is 0 Å². The highest BCUT2D eigenvalue weighted by Gasteiger charge is 2.37. The lowest BCUT2D eigenvalue weighted by molar-refractivity contribution is -0.125. The van der Waals surface area contributed by atoms with Crippen molar-refractivity contribution in [2.75, 3.05) is 32.8 Å². The zero-order valence-corrected chi connectivity index (χ0v) is 16.1. The highest BCUT2D eigenvalue weighted by atomic mass is 16.5. The molecule has 1 spiro atoms. The maximum absolute atomic E-state index is 6.18. The molecule has 0 saturated carbocycles. The first-order valence-electron chi connectivity index (χ1n) is 10.2. The lowest BCUT2D eigenvalue weighted by Gasteiger charge is -2.45. The summed E-state index contributed by atoms with van der Waals surface area (Å²) in [4.78, 5) is 11.9. The van der Waals surface area contributed by atoms with Crippen LogP contribution in [0.3, 0.4) is 0 Å². The Hall–Kier alpha value is -2.34. The number of nitrogens with one attached hydrogen (secondary N) is 1. The molecule has 0 unspecified atom stereocenters. The van der Waals surface area contributed by atoms with Gasteiger partial charge in [-0.1, -0.05) is 42.5 Å². The van der Waals surface area contributed by atoms with Gasteiger partial charge in [0.05, 0.1) is 12.2 Å². The summed E-state index contributed by atoms with van der Waals surface area (Å²) < 4.78 is 6.18. The molecule has 2 fully saturated rings. The van der Waals surface area contributed by atoms with E-state index in [1.165, 1.54) is 10.8 Å². The Morgan fingerprint density at radius 1 is 1.00 bits per heavy atom. The van der Waals surface area contributed by atoms with Crippen LogP contribution in [0.25, 0.3) is 22.2 Å². The minimum atomic E-state index is 0.0350. The highest BCUT2D eigenvalue weighted by molar-refractivity contribution is 5.94. The van der Waals surface area contributed by atoms with E-state index in [9.17, 15) is 0 Å². The summed E-state index contributed by atoms with van der Waals surface area (Å²) in [7, 11) is 0. The van der Waals surface area contributed by atoms with Gasteiger partial charge in [0.1, 0.15) is 0 Å². The molecule has 2 saturated heterocycles. The normalized spacial score (nSPS) is 19.9. The molecular weight excluding hydrogens is 348 g/mol. The van der Waals surface area contributed by atoms with Crippen LogP contribution in [-0.2, 0) is 11.3 Å². The average molecular weight is 374 g/mol. The lowest BCUT2D eigenvalue weighted by atomic mass is 9.90. The van der Waals surface area contributed by atoms with Gasteiger partial charge in [-0.05, 0) is 36.7 Å². The fourth-order valence-electron chi connectivity index (χ4n) is 4.50. The maximum Gasteiger partial charge on any atom is 0.159 e. The van der Waals surface area contributed by atoms with Gasteiger partial charge in [0, 0.05) is 43.2 Å². The molecule has 5 nitrogen and oxygen atoms in total. The number of ether oxygens (including phenoxy) is 1. The number of morpholine rings is 1. The highest BCUT2D eigenvalue weighted by Crippen LogP contribution is 2.29. The van der Waals surface area contributed by atoms with Crippen LogP contribution in [0, 0.1) is 0 Å². The van der Waals surface area contributed by atoms with Crippen molar-refractivity contribution in [2.45, 2.75) is 25.0 Å². The molecule has 0 radical (unpaired) electrons. The van der Waals surface area contributed by atoms with Crippen LogP contribution in [-0.4, -0.2) is 53.3 Å². The topological polar surface area (TPSA) is 50.3 Å². The van der Waals surface area contributed by atoms with Gasteiger partial charge in [0.2, 0.25) is 0 Å². The predicted molar refractivity (Wildman–Crippen MR) is 111 cm³/mol. The van der Waals surface area contributed by atoms with E-state index in [2.05, 4.69) is 62.6 Å². The fourth-order valence-corrected chi connectivity index (χ4v) is 4.50. The maximum atomic E-state index is 6.18. The van der Waals surface area contributed by atoms with Crippen LogP contribution >= 0.6 is 0 Å². The predicted octanol–water partition coefficient (Wildman–Crippen LogP) is 3.25. The third-order valence-electron chi connectivity index (χ3n) is 5.98. The van der Waals surface area contributed by atoms with Crippen molar-refractivity contribution in [1.29, 1.82) is 0 Å². The molecule has 5 heteroatoms. The van der Waals surface area contributed by atoms with Crippen molar-refractivity contribution in [3.63, 3.8) is 0 Å². The summed E-state index contributed by atoms with van der Waals surface area (Å²) in [6.45, 7) is 5.77. The van der Waals surface area contributed by atoms with E-state index in [1.54, 1.807) is 0 Å². The van der Waals surface area contributed by atoms with Crippen LogP contribution in [0.5, 0.6) is 0 Å². The van der Waals surface area contributed by atoms with E-state index in [0.717, 1.165) is 69.1 Å². The van der Waals surface area contributed by atoms with E-state index in [-0.39, 0.29) is 5.60 Å². The van der Waals surface area contributed by atoms with Crippen LogP contribution in [0.1, 0.15) is 18.4 Å². The van der Waals surface area contributed by atoms with Crippen LogP contribution in [0.4, 0.5) is 0 Å². The second-order valence-corrected chi connectivity index (χ2v) is 7.93. The number of rotatable bonds is 3. The Morgan fingerprint density at radius 2 is 1.79 bits per heavy atom. The molecule has 0 amide bonds. The van der Waals surface area contributed by atoms with Crippen molar-refractivity contribution < 1.29 is 4.74 Å². The monoisotopic (exact) mass is 374 g/mol. The molecule has 0 atom stereocenters. The van der Waals surface area contributed by atoms with Crippen molar-refractivity contribution in [3.8, 4) is 11.4 Å². The minimum absolute atomic E-state index is 0.0350. The Bertz CT molecular complexity index is 939. The van der Waals surface area contributed by atoms with E-state index < -0.39 is 0 Å². The van der Waals surface area contributed by atoms with E-state index in [4.69, 9.17) is 4.74 Å². The summed E-state index contributed by atoms with van der Waals surface area (Å²) in [5, 5.41) is 5.85. The molecule has 28 heavy (non-hydrogen) atoms. The Labute approximate surface area is 165 Å². The van der Waals surface area contributed by atoms with Crippen molar-refractivity contribution >= 4 is 10.8 Å². The molecule has 1 aromatic heterocycles. The van der Waals surface area contributed by atoms with Crippen molar-refractivity contribution in [2.24, 2.45) is 0 Å². The SMILES string of the molecule is c1ccc2c(-c3ncc(CN4CCOC5(CCNCC5)C4)cn3)cccc2c1. The van der Waals surface area contributed by atoms with Gasteiger partial charge in [0.15, 0.2) is 5.82 Å². The van der Waals surface area contributed by atoms with Crippen molar-refractivity contribution in [1.82, 2.24) is 20.2 Å². The van der Waals surface area contributed by atoms with Crippen LogP contribution < -0.4 is 5.32 Å². The number of nitrogens with zero attached hydrogens (tertiary/aromatic N) is 3. The molecule has 0 bridgehead atoms. The summed E-state index contributed by atoms with van der Waals surface area (Å²) in [6, 6.07) is 14.7. The third-order valence-corrected chi connectivity index (χ3v) is 5.98. The summed E-state index contributed by atoms with van der Waals surface area (Å²) in [5.74, 6) is 0.789. The summed E-state index contributed by atoms with van der Waals surface area (Å²) >= 11 is 0.